The Hall–Kier alpha value is -2.77. The number of hydrogen-bond acceptors (Lipinski definition) is 4. The highest BCUT2D eigenvalue weighted by Crippen LogP contribution is 2.33. The molecule has 0 bridgehead atoms. The molecule has 0 spiro atoms. The number of nitrogens with zero attached hydrogens (tertiary/aromatic N) is 1. The molecule has 1 fully saturated rings. The zero-order valence-corrected chi connectivity index (χ0v) is 18.3. The van der Waals surface area contributed by atoms with Gasteiger partial charge in [-0.3, -0.25) is 9.59 Å². The Balaban J connectivity index is 1.39. The number of hydrogen-bond donors (Lipinski definition) is 2. The quantitative estimate of drug-likeness (QED) is 0.564. The maximum atomic E-state index is 12.3. The van der Waals surface area contributed by atoms with Crippen LogP contribution in [0.2, 0.25) is 5.02 Å². The second kappa shape index (κ2) is 8.93. The average molecular weight is 489 g/mol. The first-order chi connectivity index (χ1) is 14.5. The van der Waals surface area contributed by atoms with Gasteiger partial charge < -0.3 is 20.3 Å². The number of carbonyl (C=O) groups is 2. The van der Waals surface area contributed by atoms with Crippen LogP contribution in [0.15, 0.2) is 59.1 Å². The molecule has 6 nitrogen and oxygen atoms in total. The molecule has 1 aliphatic rings. The fraction of sp³-hybridized carbons (Fsp3) is 0.182. The number of piperazine rings is 1. The number of anilines is 2. The van der Waals surface area contributed by atoms with Crippen LogP contribution in [-0.4, -0.2) is 38.1 Å². The Morgan fingerprint density at radius 3 is 2.83 bits per heavy atom. The first-order valence-corrected chi connectivity index (χ1v) is 10.6. The Morgan fingerprint density at radius 1 is 1.20 bits per heavy atom. The van der Waals surface area contributed by atoms with Crippen LogP contribution < -0.4 is 20.3 Å². The van der Waals surface area contributed by atoms with Gasteiger partial charge in [0.2, 0.25) is 5.91 Å². The minimum atomic E-state index is -0.295. The summed E-state index contributed by atoms with van der Waals surface area (Å²) in [7, 11) is 0. The van der Waals surface area contributed by atoms with Crippen molar-refractivity contribution in [2.75, 3.05) is 36.5 Å². The summed E-state index contributed by atoms with van der Waals surface area (Å²) in [6.07, 6.45) is 0. The van der Waals surface area contributed by atoms with Crippen molar-refractivity contribution in [3.05, 3.63) is 64.1 Å². The largest absolute Gasteiger partial charge is 0.483 e. The van der Waals surface area contributed by atoms with Crippen molar-refractivity contribution >= 4 is 61.5 Å². The van der Waals surface area contributed by atoms with Crippen molar-refractivity contribution < 1.29 is 14.3 Å². The highest BCUT2D eigenvalue weighted by atomic mass is 79.9. The number of benzene rings is 3. The SMILES string of the molecule is O=C1CN(c2ccc(NC(=O)COc3ccc4ccccc4c3Br)cc2Cl)CCN1. The summed E-state index contributed by atoms with van der Waals surface area (Å²) < 4.78 is 6.51. The second-order valence-electron chi connectivity index (χ2n) is 6.87. The van der Waals surface area contributed by atoms with Crippen molar-refractivity contribution in [1.29, 1.82) is 0 Å². The molecule has 4 rings (SSSR count). The van der Waals surface area contributed by atoms with Gasteiger partial charge in [-0.1, -0.05) is 41.9 Å². The van der Waals surface area contributed by atoms with E-state index in [1.807, 2.05) is 41.3 Å². The number of ether oxygens (including phenoxy) is 1. The van der Waals surface area contributed by atoms with Crippen LogP contribution in [-0.2, 0) is 9.59 Å². The summed E-state index contributed by atoms with van der Waals surface area (Å²) >= 11 is 9.93. The molecular weight excluding hydrogens is 470 g/mol. The molecule has 3 aromatic carbocycles. The van der Waals surface area contributed by atoms with E-state index in [1.165, 1.54) is 0 Å². The highest BCUT2D eigenvalue weighted by Gasteiger charge is 2.19. The van der Waals surface area contributed by atoms with E-state index < -0.39 is 0 Å². The second-order valence-corrected chi connectivity index (χ2v) is 8.07. The molecule has 0 atom stereocenters. The molecule has 0 radical (unpaired) electrons. The predicted octanol–water partition coefficient (Wildman–Crippen LogP) is 4.21. The van der Waals surface area contributed by atoms with Crippen molar-refractivity contribution in [1.82, 2.24) is 5.32 Å². The number of rotatable bonds is 5. The van der Waals surface area contributed by atoms with Crippen molar-refractivity contribution in [3.63, 3.8) is 0 Å². The lowest BCUT2D eigenvalue weighted by molar-refractivity contribution is -0.120. The smallest absolute Gasteiger partial charge is 0.262 e. The van der Waals surface area contributed by atoms with Crippen LogP contribution in [0, 0.1) is 0 Å². The molecule has 1 heterocycles. The van der Waals surface area contributed by atoms with E-state index in [1.54, 1.807) is 18.2 Å². The molecule has 0 unspecified atom stereocenters. The Kier molecular flexibility index (Phi) is 6.11. The topological polar surface area (TPSA) is 70.7 Å². The fourth-order valence-electron chi connectivity index (χ4n) is 3.35. The van der Waals surface area contributed by atoms with Gasteiger partial charge in [-0.25, -0.2) is 0 Å². The number of nitrogens with one attached hydrogen (secondary N) is 2. The average Bonchev–Trinajstić information content (AvgIpc) is 2.73. The summed E-state index contributed by atoms with van der Waals surface area (Å²) in [5.74, 6) is 0.267. The highest BCUT2D eigenvalue weighted by molar-refractivity contribution is 9.10. The molecule has 3 aromatic rings. The van der Waals surface area contributed by atoms with Gasteiger partial charge in [0.05, 0.1) is 21.7 Å². The molecule has 0 saturated carbocycles. The minimum Gasteiger partial charge on any atom is -0.483 e. The first kappa shape index (κ1) is 20.5. The van der Waals surface area contributed by atoms with E-state index in [-0.39, 0.29) is 25.0 Å². The van der Waals surface area contributed by atoms with Crippen LogP contribution in [0.25, 0.3) is 10.8 Å². The summed E-state index contributed by atoms with van der Waals surface area (Å²) in [5, 5.41) is 8.14. The number of halogens is 2. The standard InChI is InChI=1S/C22H19BrClN3O3/c23-22-16-4-2-1-3-14(16)5-8-19(22)30-13-21(29)26-15-6-7-18(17(24)11-15)27-10-9-25-20(28)12-27/h1-8,11H,9-10,12-13H2,(H,25,28)(H,26,29). The van der Waals surface area contributed by atoms with Crippen LogP contribution in [0.3, 0.4) is 0 Å². The molecular formula is C22H19BrClN3O3. The summed E-state index contributed by atoms with van der Waals surface area (Å²) in [6, 6.07) is 16.9. The monoisotopic (exact) mass is 487 g/mol. The summed E-state index contributed by atoms with van der Waals surface area (Å²) in [4.78, 5) is 25.8. The number of fused-ring (bicyclic) bond motifs is 1. The van der Waals surface area contributed by atoms with E-state index >= 15 is 0 Å². The first-order valence-electron chi connectivity index (χ1n) is 9.42. The van der Waals surface area contributed by atoms with Gasteiger partial charge in [-0.05, 0) is 51.0 Å². The number of amides is 2. The van der Waals surface area contributed by atoms with E-state index in [0.29, 0.717) is 29.5 Å². The van der Waals surface area contributed by atoms with E-state index in [9.17, 15) is 9.59 Å². The van der Waals surface area contributed by atoms with Crippen molar-refractivity contribution in [2.45, 2.75) is 0 Å². The Bertz CT molecular complexity index is 1120. The maximum Gasteiger partial charge on any atom is 0.262 e. The Labute approximate surface area is 187 Å². The van der Waals surface area contributed by atoms with Gasteiger partial charge in [-0.15, -0.1) is 0 Å². The molecule has 154 valence electrons. The van der Waals surface area contributed by atoms with Crippen molar-refractivity contribution in [3.8, 4) is 5.75 Å². The van der Waals surface area contributed by atoms with Crippen LogP contribution in [0.4, 0.5) is 11.4 Å². The van der Waals surface area contributed by atoms with E-state index in [4.69, 9.17) is 16.3 Å². The normalized spacial score (nSPS) is 13.8. The van der Waals surface area contributed by atoms with Gasteiger partial charge in [0.25, 0.3) is 5.91 Å². The predicted molar refractivity (Wildman–Crippen MR) is 122 cm³/mol. The molecule has 0 aliphatic carbocycles. The van der Waals surface area contributed by atoms with E-state index in [0.717, 1.165) is 20.9 Å². The van der Waals surface area contributed by atoms with Crippen LogP contribution in [0.5, 0.6) is 5.75 Å². The van der Waals surface area contributed by atoms with Crippen LogP contribution in [0.1, 0.15) is 0 Å². The molecule has 1 saturated heterocycles. The summed E-state index contributed by atoms with van der Waals surface area (Å²) in [5.41, 5.74) is 1.33. The zero-order chi connectivity index (χ0) is 21.1. The van der Waals surface area contributed by atoms with Gasteiger partial charge >= 0.3 is 0 Å². The van der Waals surface area contributed by atoms with Crippen molar-refractivity contribution in [2.24, 2.45) is 0 Å². The Morgan fingerprint density at radius 2 is 2.03 bits per heavy atom. The lowest BCUT2D eigenvalue weighted by Gasteiger charge is -2.29. The number of carbonyl (C=O) groups excluding carboxylic acids is 2. The van der Waals surface area contributed by atoms with Gasteiger partial charge in [-0.2, -0.15) is 0 Å². The molecule has 1 aliphatic heterocycles. The zero-order valence-electron chi connectivity index (χ0n) is 16.0. The minimum absolute atomic E-state index is 0.0355. The molecule has 8 heteroatoms. The molecule has 2 N–H and O–H groups in total. The van der Waals surface area contributed by atoms with Crippen LogP contribution >= 0.6 is 27.5 Å². The maximum absolute atomic E-state index is 12.3. The van der Waals surface area contributed by atoms with Gasteiger partial charge in [0.15, 0.2) is 6.61 Å². The summed E-state index contributed by atoms with van der Waals surface area (Å²) in [6.45, 7) is 1.39. The fourth-order valence-corrected chi connectivity index (χ4v) is 4.26. The lowest BCUT2D eigenvalue weighted by atomic mass is 10.1. The molecule has 30 heavy (non-hydrogen) atoms. The van der Waals surface area contributed by atoms with E-state index in [2.05, 4.69) is 26.6 Å². The third-order valence-corrected chi connectivity index (χ3v) is 5.92. The third kappa shape index (κ3) is 4.52. The third-order valence-electron chi connectivity index (χ3n) is 4.80. The molecule has 2 amide bonds. The van der Waals surface area contributed by atoms with Gasteiger partial charge in [0.1, 0.15) is 5.75 Å². The van der Waals surface area contributed by atoms with Gasteiger partial charge in [0, 0.05) is 18.8 Å². The molecule has 0 aromatic heterocycles. The lowest BCUT2D eigenvalue weighted by Crippen LogP contribution is -2.47.